The summed E-state index contributed by atoms with van der Waals surface area (Å²) in [6.45, 7) is 1.94. The maximum absolute atomic E-state index is 12.7. The van der Waals surface area contributed by atoms with Gasteiger partial charge in [0.25, 0.3) is 5.91 Å². The van der Waals surface area contributed by atoms with Gasteiger partial charge in [-0.05, 0) is 69.4 Å². The molecule has 8 heteroatoms. The lowest BCUT2D eigenvalue weighted by Gasteiger charge is -2.29. The summed E-state index contributed by atoms with van der Waals surface area (Å²) >= 11 is 0. The standard InChI is InChI=1S/C22H23N5O3/c1-27-10-7-16(8-11-27)26-22(29)19-12-18-20(13-24-19)23-9-6-21(18)30-17-4-2-15(3-5-17)25-14-28/h2-6,9,12-14,16H,7-8,10-11H2,1H3,(H,25,28)(H,26,29). The zero-order chi connectivity index (χ0) is 20.9. The number of carbonyl (C=O) groups excluding carboxylic acids is 2. The minimum Gasteiger partial charge on any atom is -0.457 e. The first-order valence-corrected chi connectivity index (χ1v) is 9.84. The second-order valence-electron chi connectivity index (χ2n) is 7.34. The van der Waals surface area contributed by atoms with E-state index in [4.69, 9.17) is 4.74 Å². The van der Waals surface area contributed by atoms with Gasteiger partial charge in [0, 0.05) is 23.3 Å². The van der Waals surface area contributed by atoms with Gasteiger partial charge in [-0.25, -0.2) is 4.98 Å². The summed E-state index contributed by atoms with van der Waals surface area (Å²) in [6.07, 6.45) is 5.71. The summed E-state index contributed by atoms with van der Waals surface area (Å²) in [6, 6.07) is 10.6. The van der Waals surface area contributed by atoms with Crippen molar-refractivity contribution < 1.29 is 14.3 Å². The van der Waals surface area contributed by atoms with Gasteiger partial charge >= 0.3 is 0 Å². The Bertz CT molecular complexity index is 1050. The van der Waals surface area contributed by atoms with E-state index in [0.717, 1.165) is 25.9 Å². The molecule has 0 radical (unpaired) electrons. The number of fused-ring (bicyclic) bond motifs is 1. The van der Waals surface area contributed by atoms with Crippen LogP contribution in [-0.2, 0) is 4.79 Å². The van der Waals surface area contributed by atoms with Crippen molar-refractivity contribution in [3.05, 3.63) is 54.5 Å². The number of ether oxygens (including phenoxy) is 1. The van der Waals surface area contributed by atoms with E-state index >= 15 is 0 Å². The van der Waals surface area contributed by atoms with Gasteiger partial charge in [0.1, 0.15) is 17.2 Å². The molecule has 0 atom stereocenters. The molecule has 2 aromatic heterocycles. The van der Waals surface area contributed by atoms with Crippen LogP contribution in [0.4, 0.5) is 5.69 Å². The summed E-state index contributed by atoms with van der Waals surface area (Å²) in [7, 11) is 2.09. The van der Waals surface area contributed by atoms with Gasteiger partial charge in [-0.2, -0.15) is 0 Å². The van der Waals surface area contributed by atoms with Crippen LogP contribution in [0.3, 0.4) is 0 Å². The van der Waals surface area contributed by atoms with E-state index in [1.54, 1.807) is 48.8 Å². The highest BCUT2D eigenvalue weighted by molar-refractivity contribution is 5.97. The Labute approximate surface area is 174 Å². The number of aromatic nitrogens is 2. The van der Waals surface area contributed by atoms with Crippen LogP contribution in [0.25, 0.3) is 10.9 Å². The molecule has 1 fully saturated rings. The number of benzene rings is 1. The number of hydrogen-bond acceptors (Lipinski definition) is 6. The largest absolute Gasteiger partial charge is 0.457 e. The second-order valence-corrected chi connectivity index (χ2v) is 7.34. The van der Waals surface area contributed by atoms with Crippen LogP contribution < -0.4 is 15.4 Å². The average Bonchev–Trinajstić information content (AvgIpc) is 2.77. The van der Waals surface area contributed by atoms with Crippen LogP contribution in [0.15, 0.2) is 48.8 Å². The van der Waals surface area contributed by atoms with Gasteiger partial charge in [-0.15, -0.1) is 0 Å². The van der Waals surface area contributed by atoms with Gasteiger partial charge < -0.3 is 20.3 Å². The smallest absolute Gasteiger partial charge is 0.270 e. The highest BCUT2D eigenvalue weighted by Gasteiger charge is 2.20. The fourth-order valence-corrected chi connectivity index (χ4v) is 3.46. The Balaban J connectivity index is 1.54. The third-order valence-electron chi connectivity index (χ3n) is 5.18. The summed E-state index contributed by atoms with van der Waals surface area (Å²) < 4.78 is 6.00. The molecule has 4 rings (SSSR count). The topological polar surface area (TPSA) is 96.5 Å². The first-order chi connectivity index (χ1) is 14.6. The van der Waals surface area contributed by atoms with Crippen molar-refractivity contribution >= 4 is 28.9 Å². The lowest BCUT2D eigenvalue weighted by molar-refractivity contribution is -0.105. The molecule has 1 saturated heterocycles. The molecule has 0 unspecified atom stereocenters. The molecule has 0 bridgehead atoms. The highest BCUT2D eigenvalue weighted by Crippen LogP contribution is 2.29. The minimum atomic E-state index is -0.189. The van der Waals surface area contributed by atoms with Crippen LogP contribution in [0.1, 0.15) is 23.3 Å². The summed E-state index contributed by atoms with van der Waals surface area (Å²) in [5.41, 5.74) is 1.65. The van der Waals surface area contributed by atoms with Crippen LogP contribution in [0, 0.1) is 0 Å². The van der Waals surface area contributed by atoms with Crippen molar-refractivity contribution in [3.8, 4) is 11.5 Å². The molecular weight excluding hydrogens is 382 g/mol. The number of hydrogen-bond donors (Lipinski definition) is 2. The second kappa shape index (κ2) is 8.87. The molecule has 3 aromatic rings. The van der Waals surface area contributed by atoms with E-state index < -0.39 is 0 Å². The van der Waals surface area contributed by atoms with Crippen molar-refractivity contribution in [2.75, 3.05) is 25.5 Å². The van der Waals surface area contributed by atoms with E-state index in [-0.39, 0.29) is 11.9 Å². The molecule has 0 aliphatic carbocycles. The van der Waals surface area contributed by atoms with Crippen molar-refractivity contribution in [3.63, 3.8) is 0 Å². The Morgan fingerprint density at radius 1 is 1.17 bits per heavy atom. The van der Waals surface area contributed by atoms with E-state index in [1.165, 1.54) is 0 Å². The molecule has 2 N–H and O–H groups in total. The van der Waals surface area contributed by atoms with Crippen LogP contribution >= 0.6 is 0 Å². The lowest BCUT2D eigenvalue weighted by Crippen LogP contribution is -2.43. The molecule has 154 valence electrons. The summed E-state index contributed by atoms with van der Waals surface area (Å²) in [5.74, 6) is 0.991. The molecule has 1 aliphatic rings. The van der Waals surface area contributed by atoms with Crippen LogP contribution in [0.5, 0.6) is 11.5 Å². The lowest BCUT2D eigenvalue weighted by atomic mass is 10.1. The Hall–Kier alpha value is -3.52. The number of rotatable bonds is 6. The van der Waals surface area contributed by atoms with Gasteiger partial charge in [0.05, 0.1) is 11.7 Å². The predicted molar refractivity (Wildman–Crippen MR) is 114 cm³/mol. The maximum atomic E-state index is 12.7. The quantitative estimate of drug-likeness (QED) is 0.612. The van der Waals surface area contributed by atoms with Gasteiger partial charge in [-0.1, -0.05) is 0 Å². The van der Waals surface area contributed by atoms with Crippen LogP contribution in [0.2, 0.25) is 0 Å². The zero-order valence-corrected chi connectivity index (χ0v) is 16.7. The molecule has 2 amide bonds. The number of pyridine rings is 2. The fourth-order valence-electron chi connectivity index (χ4n) is 3.46. The summed E-state index contributed by atoms with van der Waals surface area (Å²) in [5, 5.41) is 6.37. The van der Waals surface area contributed by atoms with E-state index in [1.807, 2.05) is 0 Å². The SMILES string of the molecule is CN1CCC(NC(=O)c2cc3c(Oc4ccc(NC=O)cc4)ccnc3cn2)CC1. The molecule has 1 aliphatic heterocycles. The summed E-state index contributed by atoms with van der Waals surface area (Å²) in [4.78, 5) is 34.1. The molecule has 3 heterocycles. The average molecular weight is 405 g/mol. The van der Waals surface area contributed by atoms with E-state index in [9.17, 15) is 9.59 Å². The van der Waals surface area contributed by atoms with Crippen molar-refractivity contribution in [1.82, 2.24) is 20.2 Å². The first-order valence-electron chi connectivity index (χ1n) is 9.84. The Morgan fingerprint density at radius 3 is 2.67 bits per heavy atom. The molecular formula is C22H23N5O3. The highest BCUT2D eigenvalue weighted by atomic mass is 16.5. The van der Waals surface area contributed by atoms with Crippen molar-refractivity contribution in [1.29, 1.82) is 0 Å². The first kappa shape index (κ1) is 19.8. The van der Waals surface area contributed by atoms with E-state index in [2.05, 4.69) is 32.5 Å². The number of anilines is 1. The Kier molecular flexibility index (Phi) is 5.85. The zero-order valence-electron chi connectivity index (χ0n) is 16.7. The Morgan fingerprint density at radius 2 is 1.93 bits per heavy atom. The number of likely N-dealkylation sites (tertiary alicyclic amines) is 1. The minimum absolute atomic E-state index is 0.161. The van der Waals surface area contributed by atoms with Gasteiger partial charge in [0.2, 0.25) is 6.41 Å². The van der Waals surface area contributed by atoms with Gasteiger partial charge in [-0.3, -0.25) is 14.6 Å². The fraction of sp³-hybridized carbons (Fsp3) is 0.273. The monoisotopic (exact) mass is 405 g/mol. The number of nitrogens with zero attached hydrogens (tertiary/aromatic N) is 3. The molecule has 0 spiro atoms. The number of piperidine rings is 1. The molecule has 1 aromatic carbocycles. The van der Waals surface area contributed by atoms with Gasteiger partial charge in [0.15, 0.2) is 0 Å². The molecule has 0 saturated carbocycles. The predicted octanol–water partition coefficient (Wildman–Crippen LogP) is 2.81. The third-order valence-corrected chi connectivity index (χ3v) is 5.18. The number of amides is 2. The number of carbonyl (C=O) groups is 2. The van der Waals surface area contributed by atoms with Crippen molar-refractivity contribution in [2.45, 2.75) is 18.9 Å². The van der Waals surface area contributed by atoms with E-state index in [0.29, 0.717) is 40.2 Å². The van der Waals surface area contributed by atoms with Crippen LogP contribution in [-0.4, -0.2) is 53.4 Å². The molecule has 30 heavy (non-hydrogen) atoms. The molecule has 8 nitrogen and oxygen atoms in total. The normalized spacial score (nSPS) is 15.0. The third kappa shape index (κ3) is 4.55. The number of nitrogens with one attached hydrogen (secondary N) is 2. The van der Waals surface area contributed by atoms with Crippen molar-refractivity contribution in [2.24, 2.45) is 0 Å². The maximum Gasteiger partial charge on any atom is 0.270 e.